The third kappa shape index (κ3) is 3.86. The number of ether oxygens (including phenoxy) is 1. The minimum atomic E-state index is -0.149. The zero-order valence-corrected chi connectivity index (χ0v) is 15.8. The molecule has 0 spiro atoms. The fourth-order valence-corrected chi connectivity index (χ4v) is 3.65. The van der Waals surface area contributed by atoms with Gasteiger partial charge in [0.25, 0.3) is 5.91 Å². The molecule has 5 nitrogen and oxygen atoms in total. The van der Waals surface area contributed by atoms with E-state index in [-0.39, 0.29) is 11.7 Å². The van der Waals surface area contributed by atoms with Crippen molar-refractivity contribution in [3.8, 4) is 11.5 Å². The largest absolute Gasteiger partial charge is 0.507 e. The fraction of sp³-hybridized carbons (Fsp3) is 0.158. The number of hydrogen-bond donors (Lipinski definition) is 1. The first-order valence-electron chi connectivity index (χ1n) is 7.94. The molecule has 0 aliphatic carbocycles. The van der Waals surface area contributed by atoms with Crippen molar-refractivity contribution in [3.63, 3.8) is 0 Å². The molecule has 3 rings (SSSR count). The first kappa shape index (κ1) is 18.4. The normalized spacial score (nSPS) is 17.3. The van der Waals surface area contributed by atoms with Gasteiger partial charge in [0.2, 0.25) is 0 Å². The Balaban J connectivity index is 1.93. The average Bonchev–Trinajstić information content (AvgIpc) is 2.93. The van der Waals surface area contributed by atoms with Gasteiger partial charge in [-0.15, -0.1) is 0 Å². The van der Waals surface area contributed by atoms with Crippen molar-refractivity contribution >= 4 is 46.2 Å². The van der Waals surface area contributed by atoms with E-state index in [0.29, 0.717) is 27.2 Å². The summed E-state index contributed by atoms with van der Waals surface area (Å²) >= 11 is 7.25. The van der Waals surface area contributed by atoms with Crippen molar-refractivity contribution in [2.24, 2.45) is 4.99 Å². The highest BCUT2D eigenvalue weighted by atomic mass is 35.5. The highest BCUT2D eigenvalue weighted by Gasteiger charge is 2.32. The van der Waals surface area contributed by atoms with Crippen molar-refractivity contribution in [3.05, 3.63) is 58.0 Å². The molecule has 2 aromatic carbocycles. The quantitative estimate of drug-likeness (QED) is 0.772. The number of nitrogens with zero attached hydrogens (tertiary/aromatic N) is 2. The summed E-state index contributed by atoms with van der Waals surface area (Å²) in [5, 5.41) is 11.1. The number of phenols is 1. The number of likely N-dealkylation sites (N-methyl/N-ethyl adjacent to an activating group) is 1. The van der Waals surface area contributed by atoms with Gasteiger partial charge in [-0.3, -0.25) is 9.69 Å². The van der Waals surface area contributed by atoms with E-state index in [0.717, 1.165) is 11.4 Å². The molecule has 26 heavy (non-hydrogen) atoms. The first-order valence-corrected chi connectivity index (χ1v) is 9.14. The Morgan fingerprint density at radius 3 is 2.65 bits per heavy atom. The molecule has 2 aromatic rings. The summed E-state index contributed by atoms with van der Waals surface area (Å²) in [4.78, 5) is 19.3. The number of rotatable bonds is 4. The van der Waals surface area contributed by atoms with Crippen LogP contribution in [0.25, 0.3) is 6.08 Å². The molecule has 1 saturated heterocycles. The molecule has 1 aliphatic rings. The predicted molar refractivity (Wildman–Crippen MR) is 106 cm³/mol. The number of hydrogen-bond acceptors (Lipinski definition) is 5. The zero-order valence-electron chi connectivity index (χ0n) is 14.3. The zero-order chi connectivity index (χ0) is 18.7. The van der Waals surface area contributed by atoms with Gasteiger partial charge in [-0.2, -0.15) is 0 Å². The number of aromatic hydroxyl groups is 1. The van der Waals surface area contributed by atoms with Crippen LogP contribution < -0.4 is 4.74 Å². The maximum atomic E-state index is 12.7. The van der Waals surface area contributed by atoms with E-state index in [9.17, 15) is 9.90 Å². The van der Waals surface area contributed by atoms with Crippen LogP contribution >= 0.6 is 23.4 Å². The Hall–Kier alpha value is -2.44. The molecule has 1 N–H and O–H groups in total. The van der Waals surface area contributed by atoms with E-state index in [1.807, 2.05) is 31.2 Å². The van der Waals surface area contributed by atoms with Gasteiger partial charge in [0.1, 0.15) is 11.5 Å². The number of thioether (sulfide) groups is 1. The number of amides is 1. The van der Waals surface area contributed by atoms with Crippen molar-refractivity contribution in [2.75, 3.05) is 13.7 Å². The van der Waals surface area contributed by atoms with E-state index in [4.69, 9.17) is 16.3 Å². The highest BCUT2D eigenvalue weighted by Crippen LogP contribution is 2.36. The van der Waals surface area contributed by atoms with Crippen molar-refractivity contribution in [2.45, 2.75) is 6.92 Å². The van der Waals surface area contributed by atoms with Crippen LogP contribution in [0.1, 0.15) is 12.5 Å². The summed E-state index contributed by atoms with van der Waals surface area (Å²) < 4.78 is 5.14. The maximum Gasteiger partial charge on any atom is 0.266 e. The summed E-state index contributed by atoms with van der Waals surface area (Å²) in [6.45, 7) is 2.39. The highest BCUT2D eigenvalue weighted by molar-refractivity contribution is 8.18. The number of phenolic OH excluding ortho intramolecular Hbond substituents is 1. The topological polar surface area (TPSA) is 62.1 Å². The molecular weight excluding hydrogens is 372 g/mol. The Labute approximate surface area is 160 Å². The molecule has 0 radical (unpaired) electrons. The first-order chi connectivity index (χ1) is 12.5. The van der Waals surface area contributed by atoms with Gasteiger partial charge < -0.3 is 9.84 Å². The predicted octanol–water partition coefficient (Wildman–Crippen LogP) is 4.68. The molecule has 7 heteroatoms. The Morgan fingerprint density at radius 2 is 2.00 bits per heavy atom. The fourth-order valence-electron chi connectivity index (χ4n) is 2.42. The summed E-state index contributed by atoms with van der Waals surface area (Å²) in [5.41, 5.74) is 1.22. The lowest BCUT2D eigenvalue weighted by molar-refractivity contribution is -0.122. The van der Waals surface area contributed by atoms with E-state index >= 15 is 0 Å². The molecule has 1 fully saturated rings. The molecule has 134 valence electrons. The van der Waals surface area contributed by atoms with E-state index in [1.165, 1.54) is 17.8 Å². The van der Waals surface area contributed by atoms with Crippen molar-refractivity contribution < 1.29 is 14.6 Å². The van der Waals surface area contributed by atoms with Gasteiger partial charge in [0.15, 0.2) is 5.17 Å². The minimum absolute atomic E-state index is 0.0684. The molecule has 0 atom stereocenters. The lowest BCUT2D eigenvalue weighted by atomic mass is 10.2. The molecule has 1 amide bonds. The molecule has 0 bridgehead atoms. The number of carbonyl (C=O) groups is 1. The Morgan fingerprint density at radius 1 is 1.27 bits per heavy atom. The van der Waals surface area contributed by atoms with Gasteiger partial charge in [-0.1, -0.05) is 11.6 Å². The van der Waals surface area contributed by atoms with E-state index < -0.39 is 0 Å². The molecular formula is C19H17ClN2O3S. The molecule has 1 heterocycles. The second-order valence-corrected chi connectivity index (χ2v) is 6.90. The maximum absolute atomic E-state index is 12.7. The molecule has 0 saturated carbocycles. The monoisotopic (exact) mass is 388 g/mol. The second-order valence-electron chi connectivity index (χ2n) is 5.46. The van der Waals surface area contributed by atoms with Crippen LogP contribution in [-0.4, -0.2) is 34.7 Å². The molecule has 1 aliphatic heterocycles. The van der Waals surface area contributed by atoms with E-state index in [1.54, 1.807) is 30.2 Å². The van der Waals surface area contributed by atoms with Crippen molar-refractivity contribution in [1.82, 2.24) is 4.90 Å². The second kappa shape index (κ2) is 7.85. The van der Waals surface area contributed by atoms with Crippen LogP contribution in [0.3, 0.4) is 0 Å². The SMILES string of the molecule is CCN1C(=O)C(=Cc2cc(Cl)ccc2O)SC1=Nc1ccc(OC)cc1. The van der Waals surface area contributed by atoms with Crippen LogP contribution in [0.15, 0.2) is 52.4 Å². The lowest BCUT2D eigenvalue weighted by Gasteiger charge is -2.12. The number of carbonyl (C=O) groups excluding carboxylic acids is 1. The van der Waals surface area contributed by atoms with Crippen LogP contribution in [0.2, 0.25) is 5.02 Å². The van der Waals surface area contributed by atoms with Gasteiger partial charge in [0.05, 0.1) is 17.7 Å². The summed E-state index contributed by atoms with van der Waals surface area (Å²) in [6.07, 6.45) is 1.63. The lowest BCUT2D eigenvalue weighted by Crippen LogP contribution is -2.28. The standard InChI is InChI=1S/C19H17ClN2O3S/c1-3-22-18(24)17(11-12-10-13(20)4-9-16(12)23)26-19(22)21-14-5-7-15(25-2)8-6-14/h4-11,23H,3H2,1-2H3. The third-order valence-electron chi connectivity index (χ3n) is 3.78. The molecule has 0 unspecified atom stereocenters. The summed E-state index contributed by atoms with van der Waals surface area (Å²) in [7, 11) is 1.60. The van der Waals surface area contributed by atoms with Gasteiger partial charge in [-0.05, 0) is 67.2 Å². The van der Waals surface area contributed by atoms with Gasteiger partial charge >= 0.3 is 0 Å². The van der Waals surface area contributed by atoms with Crippen LogP contribution in [0.4, 0.5) is 5.69 Å². The summed E-state index contributed by atoms with van der Waals surface area (Å²) in [5.74, 6) is 0.663. The average molecular weight is 389 g/mol. The third-order valence-corrected chi connectivity index (χ3v) is 5.02. The number of halogens is 1. The van der Waals surface area contributed by atoms with Crippen LogP contribution in [0.5, 0.6) is 11.5 Å². The Kier molecular flexibility index (Phi) is 5.54. The Bertz CT molecular complexity index is 894. The summed E-state index contributed by atoms with van der Waals surface area (Å²) in [6, 6.07) is 12.0. The van der Waals surface area contributed by atoms with Crippen LogP contribution in [-0.2, 0) is 4.79 Å². The smallest absolute Gasteiger partial charge is 0.266 e. The number of amidine groups is 1. The molecule has 0 aromatic heterocycles. The van der Waals surface area contributed by atoms with Crippen LogP contribution in [0, 0.1) is 0 Å². The van der Waals surface area contributed by atoms with Gasteiger partial charge in [0, 0.05) is 17.1 Å². The number of benzene rings is 2. The van der Waals surface area contributed by atoms with E-state index in [2.05, 4.69) is 4.99 Å². The van der Waals surface area contributed by atoms with Crippen molar-refractivity contribution in [1.29, 1.82) is 0 Å². The van der Waals surface area contributed by atoms with Gasteiger partial charge in [-0.25, -0.2) is 4.99 Å². The number of aliphatic imine (C=N–C) groups is 1. The number of methoxy groups -OCH3 is 1. The minimum Gasteiger partial charge on any atom is -0.507 e.